The minimum atomic E-state index is -3.63. The van der Waals surface area contributed by atoms with Crippen LogP contribution in [0.25, 0.3) is 10.8 Å². The van der Waals surface area contributed by atoms with Crippen molar-refractivity contribution in [2.45, 2.75) is 6.92 Å². The van der Waals surface area contributed by atoms with Gasteiger partial charge in [0.15, 0.2) is 0 Å². The highest BCUT2D eigenvalue weighted by atomic mass is 28.3. The smallest absolute Gasteiger partial charge is 0.0172 e. The second kappa shape index (κ2) is 19.2. The molecule has 17 heavy (non-hydrogen) atoms. The average molecular weight is 252 g/mol. The van der Waals surface area contributed by atoms with Gasteiger partial charge < -0.3 is 24.9 Å². The molecule has 0 aliphatic heterocycles. The fourth-order valence-electron chi connectivity index (χ4n) is 0.534. The van der Waals surface area contributed by atoms with Crippen molar-refractivity contribution >= 4 is 21.3 Å². The largest absolute Gasteiger partial charge is 0.724 e. The molecule has 0 spiro atoms. The van der Waals surface area contributed by atoms with E-state index in [9.17, 15) is 0 Å². The predicted molar refractivity (Wildman–Crippen MR) is 55.7 cm³/mol. The summed E-state index contributed by atoms with van der Waals surface area (Å²) >= 11 is 0. The van der Waals surface area contributed by atoms with E-state index in [2.05, 4.69) is 19.1 Å². The quantitative estimate of drug-likeness (QED) is 0.327. The van der Waals surface area contributed by atoms with Gasteiger partial charge in [-0.2, -0.15) is 0 Å². The van der Waals surface area contributed by atoms with Crippen LogP contribution in [0.2, 0.25) is 0 Å². The van der Waals surface area contributed by atoms with Gasteiger partial charge in [0.2, 0.25) is 0 Å². The number of hydrogen-bond donors (Lipinski definition) is 0. The number of aryl methyl sites for hydroxylation is 1. The van der Waals surface area contributed by atoms with Crippen molar-refractivity contribution in [3.05, 3.63) is 46.7 Å². The Morgan fingerprint density at radius 2 is 1.29 bits per heavy atom. The molecule has 0 N–H and O–H groups in total. The van der Waals surface area contributed by atoms with Gasteiger partial charge in [0.25, 0.3) is 0 Å². The molecule has 0 bridgehead atoms. The third kappa shape index (κ3) is 58.4. The van der Waals surface area contributed by atoms with Gasteiger partial charge in [-0.25, -0.2) is 0 Å². The van der Waals surface area contributed by atoms with E-state index in [1.54, 1.807) is 0 Å². The Morgan fingerprint density at radius 1 is 1.06 bits per heavy atom. The van der Waals surface area contributed by atoms with Gasteiger partial charge in [-0.3, -0.25) is 9.59 Å². The number of hydrogen-bond acceptors (Lipinski definition) is 5. The van der Waals surface area contributed by atoms with Crippen LogP contribution in [0.15, 0.2) is 30.3 Å². The summed E-state index contributed by atoms with van der Waals surface area (Å²) in [5.74, 6) is 0. The van der Waals surface area contributed by atoms with Crippen LogP contribution in [0.5, 0.6) is 0 Å². The topological polar surface area (TPSA) is 142 Å². The van der Waals surface area contributed by atoms with Crippen molar-refractivity contribution < 1.29 is 23.6 Å². The second-order valence-electron chi connectivity index (χ2n) is 2.09. The molecule has 0 heterocycles. The standard InChI is InChI=1S/C7H8.2CNO.O3Si/c1-7-5-3-2-4-6-7;2*2-1-3;1-4(2)3/h2-6H,1H3;;;/q;2*-1;-2. The summed E-state index contributed by atoms with van der Waals surface area (Å²) < 4.78 is 8.52. The highest BCUT2D eigenvalue weighted by molar-refractivity contribution is 6.17. The molecule has 0 atom stereocenters. The monoisotopic (exact) mass is 252 g/mol. The first-order valence-corrected chi connectivity index (χ1v) is 5.10. The number of rotatable bonds is 0. The number of benzene rings is 1. The molecule has 0 radical (unpaired) electrons. The molecular weight excluding hydrogens is 244 g/mol. The van der Waals surface area contributed by atoms with Gasteiger partial charge in [0, 0.05) is 9.17 Å². The van der Waals surface area contributed by atoms with E-state index in [0.29, 0.717) is 12.2 Å². The van der Waals surface area contributed by atoms with Crippen LogP contribution in [0, 0.1) is 6.92 Å². The third-order valence-corrected chi connectivity index (χ3v) is 0.940. The van der Waals surface area contributed by atoms with Gasteiger partial charge in [-0.15, -0.1) is 0 Å². The molecule has 0 saturated heterocycles. The Morgan fingerprint density at radius 3 is 1.41 bits per heavy atom. The van der Waals surface area contributed by atoms with E-state index >= 15 is 0 Å². The summed E-state index contributed by atoms with van der Waals surface area (Å²) in [5.41, 5.74) is 1.32. The van der Waals surface area contributed by atoms with E-state index in [4.69, 9.17) is 34.5 Å². The molecule has 1 aromatic carbocycles. The third-order valence-electron chi connectivity index (χ3n) is 0.940. The molecule has 0 unspecified atom stereocenters. The van der Waals surface area contributed by atoms with Crippen LogP contribution in [-0.2, 0) is 14.1 Å². The summed E-state index contributed by atoms with van der Waals surface area (Å²) in [4.78, 5) is 33.5. The van der Waals surface area contributed by atoms with Crippen molar-refractivity contribution in [3.63, 3.8) is 0 Å². The minimum absolute atomic E-state index is 0.500. The Bertz CT molecular complexity index is 341. The Kier molecular flexibility index (Phi) is 22.7. The maximum Gasteiger partial charge on any atom is 0.0172 e. The summed E-state index contributed by atoms with van der Waals surface area (Å²) in [6, 6.07) is 10.3. The van der Waals surface area contributed by atoms with E-state index < -0.39 is 9.17 Å². The van der Waals surface area contributed by atoms with Crippen LogP contribution in [0.1, 0.15) is 5.56 Å². The fraction of sp³-hybridized carbons (Fsp3) is 0.111. The molecule has 0 amide bonds. The van der Waals surface area contributed by atoms with Crippen LogP contribution in [-0.4, -0.2) is 21.3 Å². The molecule has 0 aliphatic carbocycles. The zero-order chi connectivity index (χ0) is 14.1. The van der Waals surface area contributed by atoms with Crippen molar-refractivity contribution in [3.8, 4) is 0 Å². The number of carbonyl (C=O) groups excluding carboxylic acids is 2. The first-order chi connectivity index (χ1) is 7.95. The van der Waals surface area contributed by atoms with Gasteiger partial charge in [0.1, 0.15) is 0 Å². The van der Waals surface area contributed by atoms with Crippen LogP contribution >= 0.6 is 0 Å². The highest BCUT2D eigenvalue weighted by Gasteiger charge is 1.72. The maximum absolute atomic E-state index is 8.52. The molecule has 0 aromatic heterocycles. The summed E-state index contributed by atoms with van der Waals surface area (Å²) in [7, 11) is -3.63. The van der Waals surface area contributed by atoms with Gasteiger partial charge in [0.05, 0.1) is 0 Å². The Balaban J connectivity index is -0.000000170. The molecule has 0 fully saturated rings. The van der Waals surface area contributed by atoms with E-state index in [0.717, 1.165) is 0 Å². The summed E-state index contributed by atoms with van der Waals surface area (Å²) in [5, 5.41) is 13.5. The van der Waals surface area contributed by atoms with E-state index in [1.165, 1.54) is 5.56 Å². The van der Waals surface area contributed by atoms with Crippen LogP contribution in [0.3, 0.4) is 0 Å². The van der Waals surface area contributed by atoms with Crippen LogP contribution in [0.4, 0.5) is 0 Å². The van der Waals surface area contributed by atoms with Crippen molar-refractivity contribution in [1.82, 2.24) is 0 Å². The van der Waals surface area contributed by atoms with Crippen molar-refractivity contribution in [1.29, 1.82) is 0 Å². The van der Waals surface area contributed by atoms with Crippen molar-refractivity contribution in [2.75, 3.05) is 0 Å². The Hall–Kier alpha value is -2.40. The summed E-state index contributed by atoms with van der Waals surface area (Å²) in [6.07, 6.45) is 1.00. The number of nitrogens with zero attached hydrogens (tertiary/aromatic N) is 2. The first kappa shape index (κ1) is 20.1. The lowest BCUT2D eigenvalue weighted by molar-refractivity contribution is -0.354. The SMILES string of the molecule is Cc1ccccc1.O=[Si]([O-])[O-].[N-]=C=O.[N-]=C=O. The minimum Gasteiger partial charge on any atom is -0.724 e. The highest BCUT2D eigenvalue weighted by Crippen LogP contribution is 1.92. The van der Waals surface area contributed by atoms with Gasteiger partial charge >= 0.3 is 0 Å². The lowest BCUT2D eigenvalue weighted by Crippen LogP contribution is -2.34. The molecule has 1 aromatic rings. The molecular formula is C9H8N2O5Si-4. The zero-order valence-electron chi connectivity index (χ0n) is 8.82. The maximum atomic E-state index is 8.52. The van der Waals surface area contributed by atoms with Crippen LogP contribution < -0.4 is 9.59 Å². The second-order valence-corrected chi connectivity index (χ2v) is 2.59. The molecule has 0 aliphatic rings. The first-order valence-electron chi connectivity index (χ1n) is 3.88. The molecule has 92 valence electrons. The molecule has 7 nitrogen and oxygen atoms in total. The van der Waals surface area contributed by atoms with E-state index in [-0.39, 0.29) is 0 Å². The normalized spacial score (nSPS) is 5.94. The Labute approximate surface area is 99.3 Å². The average Bonchev–Trinajstić information content (AvgIpc) is 2.20. The molecule has 8 heteroatoms. The zero-order valence-corrected chi connectivity index (χ0v) is 9.82. The molecule has 0 saturated carbocycles. The predicted octanol–water partition coefficient (Wildman–Crippen LogP) is -1.10. The van der Waals surface area contributed by atoms with Gasteiger partial charge in [-0.1, -0.05) is 35.9 Å². The lowest BCUT2D eigenvalue weighted by atomic mass is 10.2. The lowest BCUT2D eigenvalue weighted by Gasteiger charge is -1.94. The molecule has 1 rings (SSSR count). The summed E-state index contributed by atoms with van der Waals surface area (Å²) in [6.45, 7) is 2.08. The van der Waals surface area contributed by atoms with E-state index in [1.807, 2.05) is 18.2 Å². The number of isocyanates is 2. The van der Waals surface area contributed by atoms with Gasteiger partial charge in [-0.05, 0) is 19.1 Å². The van der Waals surface area contributed by atoms with Crippen molar-refractivity contribution in [2.24, 2.45) is 0 Å². The fourth-order valence-corrected chi connectivity index (χ4v) is 0.534.